The SMILES string of the molecule is CC1C(C(=O)NCc2cccs2)=Nc2c(cc(-c3ccccc3)cc2C(F)(F)F)C1Cl. The summed E-state index contributed by atoms with van der Waals surface area (Å²) < 4.78 is 41.8. The molecule has 2 atom stereocenters. The first-order chi connectivity index (χ1) is 14.8. The number of nitrogens with one attached hydrogen (secondary N) is 1. The molecule has 2 aromatic carbocycles. The van der Waals surface area contributed by atoms with Crippen LogP contribution < -0.4 is 5.32 Å². The third kappa shape index (κ3) is 4.38. The van der Waals surface area contributed by atoms with Gasteiger partial charge in [0.05, 0.1) is 23.2 Å². The molecular formula is C23H18ClF3N2OS. The lowest BCUT2D eigenvalue weighted by Gasteiger charge is -2.28. The average Bonchev–Trinajstić information content (AvgIpc) is 3.27. The zero-order valence-electron chi connectivity index (χ0n) is 16.4. The second-order valence-corrected chi connectivity index (χ2v) is 8.78. The molecule has 0 spiro atoms. The van der Waals surface area contributed by atoms with Crippen LogP contribution in [0.1, 0.15) is 28.3 Å². The van der Waals surface area contributed by atoms with E-state index >= 15 is 0 Å². The number of aliphatic imine (C=N–C) groups is 1. The minimum absolute atomic E-state index is 0.00187. The predicted molar refractivity (Wildman–Crippen MR) is 118 cm³/mol. The fraction of sp³-hybridized carbons (Fsp3) is 0.217. The number of rotatable bonds is 4. The van der Waals surface area contributed by atoms with Gasteiger partial charge in [-0.25, -0.2) is 4.99 Å². The van der Waals surface area contributed by atoms with Crippen molar-refractivity contribution < 1.29 is 18.0 Å². The first kappa shape index (κ1) is 21.6. The highest BCUT2D eigenvalue weighted by atomic mass is 35.5. The Labute approximate surface area is 186 Å². The van der Waals surface area contributed by atoms with Crippen molar-refractivity contribution in [3.05, 3.63) is 76.0 Å². The Kier molecular flexibility index (Phi) is 5.90. The molecular weight excluding hydrogens is 445 g/mol. The van der Waals surface area contributed by atoms with Gasteiger partial charge in [-0.2, -0.15) is 13.2 Å². The van der Waals surface area contributed by atoms with Crippen molar-refractivity contribution in [3.8, 4) is 11.1 Å². The van der Waals surface area contributed by atoms with E-state index in [1.807, 2.05) is 17.5 Å². The summed E-state index contributed by atoms with van der Waals surface area (Å²) in [7, 11) is 0. The van der Waals surface area contributed by atoms with E-state index in [9.17, 15) is 18.0 Å². The second-order valence-electron chi connectivity index (χ2n) is 7.27. The Morgan fingerprint density at radius 1 is 1.13 bits per heavy atom. The summed E-state index contributed by atoms with van der Waals surface area (Å²) >= 11 is 8.07. The van der Waals surface area contributed by atoms with E-state index in [1.54, 1.807) is 43.3 Å². The monoisotopic (exact) mass is 462 g/mol. The van der Waals surface area contributed by atoms with Crippen LogP contribution in [-0.2, 0) is 17.5 Å². The molecule has 0 bridgehead atoms. The number of fused-ring (bicyclic) bond motifs is 1. The van der Waals surface area contributed by atoms with Crippen molar-refractivity contribution in [1.29, 1.82) is 0 Å². The van der Waals surface area contributed by atoms with Gasteiger partial charge in [0.2, 0.25) is 0 Å². The summed E-state index contributed by atoms with van der Waals surface area (Å²) in [6.07, 6.45) is -4.64. The Bertz CT molecular complexity index is 1130. The fourth-order valence-electron chi connectivity index (χ4n) is 3.56. The molecule has 0 saturated carbocycles. The number of carbonyl (C=O) groups excluding carboxylic acids is 1. The molecule has 0 fully saturated rings. The Morgan fingerprint density at radius 2 is 1.87 bits per heavy atom. The van der Waals surface area contributed by atoms with Crippen LogP contribution in [0, 0.1) is 5.92 Å². The molecule has 3 nitrogen and oxygen atoms in total. The molecule has 0 saturated heterocycles. The summed E-state index contributed by atoms with van der Waals surface area (Å²) in [5.74, 6) is -1.07. The Hall–Kier alpha value is -2.64. The van der Waals surface area contributed by atoms with E-state index in [1.165, 1.54) is 11.3 Å². The summed E-state index contributed by atoms with van der Waals surface area (Å²) in [5, 5.41) is 3.80. The van der Waals surface area contributed by atoms with Gasteiger partial charge in [0, 0.05) is 10.8 Å². The molecule has 1 aliphatic heterocycles. The van der Waals surface area contributed by atoms with Gasteiger partial charge in [-0.15, -0.1) is 22.9 Å². The molecule has 1 aromatic heterocycles. The topological polar surface area (TPSA) is 41.5 Å². The molecule has 1 aliphatic rings. The number of amides is 1. The van der Waals surface area contributed by atoms with Crippen molar-refractivity contribution in [2.75, 3.05) is 0 Å². The standard InChI is InChI=1S/C23H18ClF3N2OS/c1-13-19(24)17-10-15(14-6-3-2-4-7-14)11-18(23(25,26)27)21(17)29-20(13)22(30)28-12-16-8-5-9-31-16/h2-11,13,19H,12H2,1H3,(H,28,30). The number of nitrogens with zero attached hydrogens (tertiary/aromatic N) is 1. The molecule has 1 N–H and O–H groups in total. The van der Waals surface area contributed by atoms with E-state index in [0.29, 0.717) is 11.1 Å². The zero-order valence-corrected chi connectivity index (χ0v) is 18.0. The van der Waals surface area contributed by atoms with E-state index in [-0.39, 0.29) is 23.5 Å². The summed E-state index contributed by atoms with van der Waals surface area (Å²) in [6, 6.07) is 15.2. The van der Waals surface area contributed by atoms with Crippen molar-refractivity contribution >= 4 is 40.2 Å². The highest BCUT2D eigenvalue weighted by molar-refractivity contribution is 7.09. The molecule has 3 aromatic rings. The summed E-state index contributed by atoms with van der Waals surface area (Å²) in [4.78, 5) is 17.8. The first-order valence-corrected chi connectivity index (χ1v) is 10.9. The molecule has 8 heteroatoms. The fourth-order valence-corrected chi connectivity index (χ4v) is 4.49. The minimum Gasteiger partial charge on any atom is -0.346 e. The average molecular weight is 463 g/mol. The zero-order chi connectivity index (χ0) is 22.2. The number of benzene rings is 2. The lowest BCUT2D eigenvalue weighted by Crippen LogP contribution is -2.37. The smallest absolute Gasteiger partial charge is 0.346 e. The van der Waals surface area contributed by atoms with Gasteiger partial charge in [-0.05, 0) is 40.3 Å². The first-order valence-electron chi connectivity index (χ1n) is 9.59. The maximum Gasteiger partial charge on any atom is 0.418 e. The molecule has 0 radical (unpaired) electrons. The second kappa shape index (κ2) is 8.48. The van der Waals surface area contributed by atoms with Crippen LogP contribution in [0.2, 0.25) is 0 Å². The largest absolute Gasteiger partial charge is 0.418 e. The van der Waals surface area contributed by atoms with Gasteiger partial charge in [-0.1, -0.05) is 43.3 Å². The van der Waals surface area contributed by atoms with Crippen LogP contribution in [0.5, 0.6) is 0 Å². The minimum atomic E-state index is -4.64. The van der Waals surface area contributed by atoms with Crippen LogP contribution in [0.25, 0.3) is 11.1 Å². The van der Waals surface area contributed by atoms with E-state index < -0.39 is 28.9 Å². The molecule has 0 aliphatic carbocycles. The highest BCUT2D eigenvalue weighted by Gasteiger charge is 2.40. The van der Waals surface area contributed by atoms with E-state index in [0.717, 1.165) is 10.9 Å². The number of halogens is 4. The predicted octanol–water partition coefficient (Wildman–Crippen LogP) is 6.75. The van der Waals surface area contributed by atoms with Crippen LogP contribution >= 0.6 is 22.9 Å². The molecule has 160 valence electrons. The van der Waals surface area contributed by atoms with Crippen molar-refractivity contribution in [2.24, 2.45) is 10.9 Å². The highest BCUT2D eigenvalue weighted by Crippen LogP contribution is 2.48. The molecule has 2 heterocycles. The molecule has 4 rings (SSSR count). The molecule has 31 heavy (non-hydrogen) atoms. The number of thiophene rings is 1. The number of carbonyl (C=O) groups is 1. The van der Waals surface area contributed by atoms with E-state index in [2.05, 4.69) is 10.3 Å². The lowest BCUT2D eigenvalue weighted by atomic mass is 9.87. The van der Waals surface area contributed by atoms with Crippen molar-refractivity contribution in [3.63, 3.8) is 0 Å². The van der Waals surface area contributed by atoms with E-state index in [4.69, 9.17) is 11.6 Å². The van der Waals surface area contributed by atoms with Gasteiger partial charge < -0.3 is 5.32 Å². The molecule has 2 unspecified atom stereocenters. The normalized spacial score (nSPS) is 18.3. The Balaban J connectivity index is 1.78. The maximum absolute atomic E-state index is 13.9. The summed E-state index contributed by atoms with van der Waals surface area (Å²) in [5.41, 5.74) is 0.150. The maximum atomic E-state index is 13.9. The van der Waals surface area contributed by atoms with Gasteiger partial charge in [-0.3, -0.25) is 4.79 Å². The van der Waals surface area contributed by atoms with Gasteiger partial charge in [0.1, 0.15) is 5.71 Å². The number of hydrogen-bond donors (Lipinski definition) is 1. The van der Waals surface area contributed by atoms with Crippen LogP contribution in [0.4, 0.5) is 18.9 Å². The third-order valence-corrected chi connectivity index (χ3v) is 6.68. The van der Waals surface area contributed by atoms with Crippen molar-refractivity contribution in [1.82, 2.24) is 5.32 Å². The third-order valence-electron chi connectivity index (χ3n) is 5.19. The van der Waals surface area contributed by atoms with Crippen LogP contribution in [0.3, 0.4) is 0 Å². The molecule has 1 amide bonds. The summed E-state index contributed by atoms with van der Waals surface area (Å²) in [6.45, 7) is 1.98. The quantitative estimate of drug-likeness (QED) is 0.428. The van der Waals surface area contributed by atoms with Gasteiger partial charge in [0.15, 0.2) is 0 Å². The Morgan fingerprint density at radius 3 is 2.52 bits per heavy atom. The van der Waals surface area contributed by atoms with Crippen LogP contribution in [0.15, 0.2) is 65.0 Å². The van der Waals surface area contributed by atoms with Gasteiger partial charge in [0.25, 0.3) is 5.91 Å². The van der Waals surface area contributed by atoms with Crippen LogP contribution in [-0.4, -0.2) is 11.6 Å². The number of hydrogen-bond acceptors (Lipinski definition) is 3. The van der Waals surface area contributed by atoms with Crippen molar-refractivity contribution in [2.45, 2.75) is 25.0 Å². The van der Waals surface area contributed by atoms with Gasteiger partial charge >= 0.3 is 6.18 Å². The lowest BCUT2D eigenvalue weighted by molar-refractivity contribution is -0.137. The number of alkyl halides is 4.